The van der Waals surface area contributed by atoms with Crippen LogP contribution in [0.5, 0.6) is 0 Å². The average Bonchev–Trinajstić information content (AvgIpc) is 2.46. The fourth-order valence-electron chi connectivity index (χ4n) is 2.94. The zero-order valence-electron chi connectivity index (χ0n) is 11.3. The Labute approximate surface area is 114 Å². The summed E-state index contributed by atoms with van der Waals surface area (Å²) in [5.74, 6) is 0. The molecule has 0 aliphatic carbocycles. The van der Waals surface area contributed by atoms with Crippen LogP contribution < -0.4 is 10.6 Å². The van der Waals surface area contributed by atoms with Crippen LogP contribution in [0, 0.1) is 0 Å². The smallest absolute Gasteiger partial charge is 0.0515 e. The lowest BCUT2D eigenvalue weighted by Crippen LogP contribution is -2.44. The highest BCUT2D eigenvalue weighted by Gasteiger charge is 2.25. The van der Waals surface area contributed by atoms with Crippen molar-refractivity contribution in [3.8, 4) is 0 Å². The van der Waals surface area contributed by atoms with Crippen LogP contribution in [-0.4, -0.2) is 12.6 Å². The maximum Gasteiger partial charge on any atom is 0.0515 e. The molecule has 0 fully saturated rings. The van der Waals surface area contributed by atoms with E-state index < -0.39 is 0 Å². The van der Waals surface area contributed by atoms with Crippen molar-refractivity contribution < 1.29 is 0 Å². The normalized spacial score (nSPS) is 19.9. The van der Waals surface area contributed by atoms with Crippen molar-refractivity contribution in [2.24, 2.45) is 5.73 Å². The topological polar surface area (TPSA) is 29.3 Å². The Morgan fingerprint density at radius 1 is 1.05 bits per heavy atom. The molecule has 1 aliphatic heterocycles. The quantitative estimate of drug-likeness (QED) is 0.889. The average molecular weight is 252 g/mol. The van der Waals surface area contributed by atoms with Crippen molar-refractivity contribution in [3.05, 3.63) is 65.7 Å². The van der Waals surface area contributed by atoms with Gasteiger partial charge >= 0.3 is 0 Å². The third-order valence-corrected chi connectivity index (χ3v) is 3.96. The molecule has 0 saturated carbocycles. The van der Waals surface area contributed by atoms with Crippen LogP contribution in [0.1, 0.15) is 24.1 Å². The lowest BCUT2D eigenvalue weighted by Gasteiger charge is -2.39. The van der Waals surface area contributed by atoms with Crippen molar-refractivity contribution in [3.63, 3.8) is 0 Å². The largest absolute Gasteiger partial charge is 0.363 e. The Balaban J connectivity index is 1.97. The molecule has 2 heteroatoms. The number of rotatable bonds is 2. The second kappa shape index (κ2) is 5.06. The maximum atomic E-state index is 6.21. The van der Waals surface area contributed by atoms with E-state index in [1.165, 1.54) is 16.8 Å². The zero-order chi connectivity index (χ0) is 13.2. The van der Waals surface area contributed by atoms with Gasteiger partial charge in [-0.2, -0.15) is 0 Å². The fraction of sp³-hybridized carbons (Fsp3) is 0.294. The third kappa shape index (κ3) is 2.36. The lowest BCUT2D eigenvalue weighted by atomic mass is 9.95. The second-order valence-electron chi connectivity index (χ2n) is 5.33. The van der Waals surface area contributed by atoms with Gasteiger partial charge in [0.2, 0.25) is 0 Å². The number of fused-ring (bicyclic) bond motifs is 1. The summed E-state index contributed by atoms with van der Waals surface area (Å²) in [6.07, 6.45) is 0.980. The summed E-state index contributed by atoms with van der Waals surface area (Å²) in [4.78, 5) is 2.43. The molecule has 2 N–H and O–H groups in total. The minimum atomic E-state index is 0.223. The summed E-state index contributed by atoms with van der Waals surface area (Å²) in [6, 6.07) is 19.8. The molecule has 0 amide bonds. The van der Waals surface area contributed by atoms with Crippen LogP contribution in [0.2, 0.25) is 0 Å². The van der Waals surface area contributed by atoms with Gasteiger partial charge in [-0.25, -0.2) is 0 Å². The van der Waals surface area contributed by atoms with E-state index in [9.17, 15) is 0 Å². The van der Waals surface area contributed by atoms with Gasteiger partial charge in [0.25, 0.3) is 0 Å². The number of hydrogen-bond donors (Lipinski definition) is 1. The first kappa shape index (κ1) is 12.2. The third-order valence-electron chi connectivity index (χ3n) is 3.96. The lowest BCUT2D eigenvalue weighted by molar-refractivity contribution is 0.555. The summed E-state index contributed by atoms with van der Waals surface area (Å²) in [6.45, 7) is 3.18. The van der Waals surface area contributed by atoms with E-state index >= 15 is 0 Å². The van der Waals surface area contributed by atoms with Crippen molar-refractivity contribution in [2.45, 2.75) is 25.4 Å². The van der Waals surface area contributed by atoms with Gasteiger partial charge in [0, 0.05) is 18.3 Å². The summed E-state index contributed by atoms with van der Waals surface area (Å²) in [5.41, 5.74) is 10.3. The number of hydrogen-bond acceptors (Lipinski definition) is 2. The van der Waals surface area contributed by atoms with Crippen LogP contribution in [0.15, 0.2) is 54.6 Å². The highest BCUT2D eigenvalue weighted by atomic mass is 15.2. The first-order valence-electron chi connectivity index (χ1n) is 6.91. The molecule has 1 aliphatic rings. The molecule has 0 bridgehead atoms. The molecule has 0 aromatic heterocycles. The minimum absolute atomic E-state index is 0.223. The number of nitrogens with zero attached hydrogens (tertiary/aromatic N) is 1. The van der Waals surface area contributed by atoms with Crippen LogP contribution in [0.4, 0.5) is 5.69 Å². The van der Waals surface area contributed by atoms with Crippen LogP contribution in [-0.2, 0) is 6.42 Å². The van der Waals surface area contributed by atoms with Crippen LogP contribution >= 0.6 is 0 Å². The molecule has 98 valence electrons. The molecule has 3 rings (SSSR count). The van der Waals surface area contributed by atoms with Gasteiger partial charge in [0.1, 0.15) is 0 Å². The zero-order valence-corrected chi connectivity index (χ0v) is 11.3. The van der Waals surface area contributed by atoms with E-state index in [0.29, 0.717) is 6.04 Å². The predicted octanol–water partition coefficient (Wildman–Crippen LogP) is 3.14. The van der Waals surface area contributed by atoms with Crippen molar-refractivity contribution >= 4 is 5.69 Å². The standard InChI is InChI=1S/C17H20N2/c1-13(14-7-3-2-4-8-14)19-12-16(18)11-15-9-5-6-10-17(15)19/h2-10,13,16H,11-12,18H2,1H3. The molecular formula is C17H20N2. The van der Waals surface area contributed by atoms with Gasteiger partial charge in [-0.1, -0.05) is 48.5 Å². The van der Waals surface area contributed by atoms with Crippen molar-refractivity contribution in [1.29, 1.82) is 0 Å². The second-order valence-corrected chi connectivity index (χ2v) is 5.33. The van der Waals surface area contributed by atoms with E-state index in [0.717, 1.165) is 13.0 Å². The predicted molar refractivity (Wildman–Crippen MR) is 80.3 cm³/mol. The van der Waals surface area contributed by atoms with E-state index in [1.54, 1.807) is 0 Å². The van der Waals surface area contributed by atoms with E-state index in [-0.39, 0.29) is 6.04 Å². The molecule has 1 heterocycles. The Morgan fingerprint density at radius 3 is 2.53 bits per heavy atom. The van der Waals surface area contributed by atoms with Gasteiger partial charge in [-0.3, -0.25) is 0 Å². The SMILES string of the molecule is CC(c1ccccc1)N1CC(N)Cc2ccccc21. The molecule has 19 heavy (non-hydrogen) atoms. The summed E-state index contributed by atoms with van der Waals surface area (Å²) in [7, 11) is 0. The Bertz CT molecular complexity index is 550. The molecule has 0 saturated heterocycles. The van der Waals surface area contributed by atoms with Gasteiger partial charge in [0.05, 0.1) is 6.04 Å². The van der Waals surface area contributed by atoms with E-state index in [1.807, 2.05) is 0 Å². The summed E-state index contributed by atoms with van der Waals surface area (Å²) < 4.78 is 0. The van der Waals surface area contributed by atoms with Gasteiger partial charge in [0.15, 0.2) is 0 Å². The van der Waals surface area contributed by atoms with E-state index in [4.69, 9.17) is 5.73 Å². The Kier molecular flexibility index (Phi) is 3.26. The monoisotopic (exact) mass is 252 g/mol. The molecule has 2 unspecified atom stereocenters. The van der Waals surface area contributed by atoms with Gasteiger partial charge < -0.3 is 10.6 Å². The van der Waals surface area contributed by atoms with Crippen LogP contribution in [0.25, 0.3) is 0 Å². The molecule has 2 nitrogen and oxygen atoms in total. The van der Waals surface area contributed by atoms with Crippen molar-refractivity contribution in [2.75, 3.05) is 11.4 Å². The number of anilines is 1. The number of benzene rings is 2. The Morgan fingerprint density at radius 2 is 1.74 bits per heavy atom. The minimum Gasteiger partial charge on any atom is -0.363 e. The molecule has 0 radical (unpaired) electrons. The Hall–Kier alpha value is -1.80. The number of nitrogens with two attached hydrogens (primary N) is 1. The van der Waals surface area contributed by atoms with Crippen molar-refractivity contribution in [1.82, 2.24) is 0 Å². The van der Waals surface area contributed by atoms with Gasteiger partial charge in [-0.15, -0.1) is 0 Å². The van der Waals surface area contributed by atoms with Crippen LogP contribution in [0.3, 0.4) is 0 Å². The molecule has 2 atom stereocenters. The highest BCUT2D eigenvalue weighted by Crippen LogP contribution is 2.33. The highest BCUT2D eigenvalue weighted by molar-refractivity contribution is 5.57. The summed E-state index contributed by atoms with van der Waals surface area (Å²) >= 11 is 0. The molecule has 2 aromatic carbocycles. The molecule has 2 aromatic rings. The van der Waals surface area contributed by atoms with E-state index in [2.05, 4.69) is 66.4 Å². The molecular weight excluding hydrogens is 232 g/mol. The first-order chi connectivity index (χ1) is 9.25. The van der Waals surface area contributed by atoms with Gasteiger partial charge in [-0.05, 0) is 30.5 Å². The first-order valence-corrected chi connectivity index (χ1v) is 6.91. The molecule has 0 spiro atoms. The maximum absolute atomic E-state index is 6.21. The summed E-state index contributed by atoms with van der Waals surface area (Å²) in [5, 5.41) is 0. The number of para-hydroxylation sites is 1. The fourth-order valence-corrected chi connectivity index (χ4v) is 2.94.